The Hall–Kier alpha value is -3.53. The first kappa shape index (κ1) is 29.9. The zero-order valence-electron chi connectivity index (χ0n) is 23.1. The molecule has 0 spiro atoms. The number of phenols is 1. The molecule has 7 N–H and O–H groups in total. The lowest BCUT2D eigenvalue weighted by atomic mass is 9.58. The summed E-state index contributed by atoms with van der Waals surface area (Å²) in [4.78, 5) is 42.6. The number of aliphatic hydroxyl groups excluding tert-OH is 2. The molecule has 15 heteroatoms. The minimum atomic E-state index is -4.06. The van der Waals surface area contributed by atoms with Crippen LogP contribution in [0.15, 0.2) is 28.7 Å². The van der Waals surface area contributed by atoms with Crippen LogP contribution in [0.25, 0.3) is 0 Å². The Morgan fingerprint density at radius 3 is 2.45 bits per heavy atom. The summed E-state index contributed by atoms with van der Waals surface area (Å²) in [6.07, 6.45) is 1.45. The first-order chi connectivity index (χ1) is 19.6. The third-order valence-corrected chi connectivity index (χ3v) is 10.1. The van der Waals surface area contributed by atoms with E-state index >= 15 is 4.39 Å². The number of nitrogens with one attached hydrogen (secondary N) is 1. The number of anilines is 1. The van der Waals surface area contributed by atoms with Crippen molar-refractivity contribution in [3.63, 3.8) is 0 Å². The monoisotopic (exact) mass is 608 g/mol. The van der Waals surface area contributed by atoms with Crippen molar-refractivity contribution in [1.29, 1.82) is 0 Å². The van der Waals surface area contributed by atoms with E-state index in [9.17, 15) is 43.2 Å². The molecule has 1 aromatic rings. The maximum Gasteiger partial charge on any atom is 0.255 e. The van der Waals surface area contributed by atoms with Crippen molar-refractivity contribution in [2.45, 2.75) is 37.3 Å². The highest BCUT2D eigenvalue weighted by atomic mass is 32.2. The van der Waals surface area contributed by atoms with Gasteiger partial charge in [-0.15, -0.1) is 0 Å². The number of aromatic hydroxyl groups is 1. The molecule has 1 saturated heterocycles. The molecule has 4 aliphatic rings. The van der Waals surface area contributed by atoms with Gasteiger partial charge < -0.3 is 31.1 Å². The van der Waals surface area contributed by atoms with Crippen LogP contribution in [0.1, 0.15) is 35.2 Å². The normalized spacial score (nSPS) is 28.2. The lowest BCUT2D eigenvalue weighted by Gasteiger charge is -2.50. The minimum Gasteiger partial charge on any atom is -0.510 e. The second-order valence-electron chi connectivity index (χ2n) is 11.5. The minimum absolute atomic E-state index is 0.198. The number of sulfonamides is 1. The highest BCUT2D eigenvalue weighted by Crippen LogP contribution is 2.53. The van der Waals surface area contributed by atoms with E-state index in [0.717, 1.165) is 32.0 Å². The smallest absolute Gasteiger partial charge is 0.255 e. The summed E-state index contributed by atoms with van der Waals surface area (Å²) in [5, 5.41) is 44.7. The zero-order valence-corrected chi connectivity index (χ0v) is 23.9. The molecule has 42 heavy (non-hydrogen) atoms. The molecule has 3 aliphatic carbocycles. The van der Waals surface area contributed by atoms with Crippen LogP contribution >= 0.6 is 0 Å². The number of ketones is 2. The fourth-order valence-corrected chi connectivity index (χ4v) is 7.92. The number of halogens is 1. The van der Waals surface area contributed by atoms with Gasteiger partial charge >= 0.3 is 0 Å². The molecule has 13 nitrogen and oxygen atoms in total. The Labute approximate surface area is 241 Å². The number of amides is 1. The predicted octanol–water partition coefficient (Wildman–Crippen LogP) is 0.0972. The maximum absolute atomic E-state index is 15.4. The average molecular weight is 609 g/mol. The Balaban J connectivity index is 1.56. The number of likely N-dealkylation sites (N-methyl/N-ethyl adjacent to an activating group) is 1. The summed E-state index contributed by atoms with van der Waals surface area (Å²) in [6, 6.07) is -0.394. The van der Waals surface area contributed by atoms with Crippen LogP contribution in [-0.4, -0.2) is 107 Å². The van der Waals surface area contributed by atoms with E-state index in [-0.39, 0.29) is 30.7 Å². The summed E-state index contributed by atoms with van der Waals surface area (Å²) >= 11 is 0. The van der Waals surface area contributed by atoms with E-state index in [4.69, 9.17) is 5.73 Å². The number of likely N-dealkylation sites (tertiary alicyclic amines) is 1. The summed E-state index contributed by atoms with van der Waals surface area (Å²) < 4.78 is 43.0. The van der Waals surface area contributed by atoms with E-state index in [1.165, 1.54) is 19.0 Å². The molecule has 1 amide bonds. The summed E-state index contributed by atoms with van der Waals surface area (Å²) in [5.74, 6) is -10.1. The molecule has 0 radical (unpaired) electrons. The van der Waals surface area contributed by atoms with Crippen LogP contribution in [0.2, 0.25) is 0 Å². The number of carbonyl (C=O) groups excluding carboxylic acids is 3. The Kier molecular flexibility index (Phi) is 7.36. The molecule has 5 rings (SSSR count). The number of fused-ring (bicyclic) bond motifs is 3. The number of hydrogen-bond acceptors (Lipinski definition) is 11. The molecule has 1 aromatic carbocycles. The molecule has 4 atom stereocenters. The molecule has 1 fully saturated rings. The number of Topliss-reactive ketones (excluding diaryl/α,β-unsaturated/α-hetero) is 2. The van der Waals surface area contributed by atoms with Crippen molar-refractivity contribution in [3.05, 3.63) is 45.7 Å². The highest BCUT2D eigenvalue weighted by molar-refractivity contribution is 7.92. The third-order valence-electron chi connectivity index (χ3n) is 8.81. The molecular formula is C27H33FN4O9S. The van der Waals surface area contributed by atoms with Gasteiger partial charge in [0, 0.05) is 29.7 Å². The van der Waals surface area contributed by atoms with Crippen LogP contribution in [0, 0.1) is 17.7 Å². The molecule has 1 heterocycles. The van der Waals surface area contributed by atoms with Gasteiger partial charge in [0.25, 0.3) is 5.91 Å². The van der Waals surface area contributed by atoms with E-state index in [0.29, 0.717) is 0 Å². The highest BCUT2D eigenvalue weighted by Gasteiger charge is 2.63. The Morgan fingerprint density at radius 1 is 1.21 bits per heavy atom. The van der Waals surface area contributed by atoms with Gasteiger partial charge in [0.1, 0.15) is 22.9 Å². The predicted molar refractivity (Wildman–Crippen MR) is 147 cm³/mol. The van der Waals surface area contributed by atoms with E-state index in [2.05, 4.69) is 4.72 Å². The SMILES string of the molecule is CN(C)[C@@H]1C(O)=C(C(N)=O)C(=O)[C@@]2(O)C(O)=C3C(=O)c4c(O)c(NS(=O)(=O)CCN5CCCC5)cc(F)c4C[C@H]3C[C@@H]12. The van der Waals surface area contributed by atoms with Crippen LogP contribution in [-0.2, 0) is 26.0 Å². The van der Waals surface area contributed by atoms with Gasteiger partial charge in [-0.2, -0.15) is 0 Å². The number of aliphatic hydroxyl groups is 3. The van der Waals surface area contributed by atoms with Gasteiger partial charge in [-0.05, 0) is 58.8 Å². The van der Waals surface area contributed by atoms with E-state index in [1.807, 2.05) is 4.90 Å². The van der Waals surface area contributed by atoms with Gasteiger partial charge in [-0.1, -0.05) is 0 Å². The van der Waals surface area contributed by atoms with Crippen molar-refractivity contribution in [2.75, 3.05) is 44.2 Å². The van der Waals surface area contributed by atoms with Crippen LogP contribution in [0.5, 0.6) is 5.75 Å². The van der Waals surface area contributed by atoms with Gasteiger partial charge in [-0.25, -0.2) is 12.8 Å². The summed E-state index contributed by atoms with van der Waals surface area (Å²) in [7, 11) is -1.06. The van der Waals surface area contributed by atoms with Crippen molar-refractivity contribution in [1.82, 2.24) is 9.80 Å². The van der Waals surface area contributed by atoms with Crippen molar-refractivity contribution < 1.29 is 47.6 Å². The van der Waals surface area contributed by atoms with Gasteiger partial charge in [0.05, 0.1) is 23.0 Å². The molecule has 0 bridgehead atoms. The van der Waals surface area contributed by atoms with Crippen molar-refractivity contribution in [3.8, 4) is 5.75 Å². The lowest BCUT2D eigenvalue weighted by molar-refractivity contribution is -0.148. The number of allylic oxidation sites excluding steroid dienone is 1. The topological polar surface area (TPSA) is 211 Å². The summed E-state index contributed by atoms with van der Waals surface area (Å²) in [6.45, 7) is 1.73. The van der Waals surface area contributed by atoms with Crippen LogP contribution in [0.3, 0.4) is 0 Å². The molecular weight excluding hydrogens is 575 g/mol. The average Bonchev–Trinajstić information content (AvgIpc) is 3.41. The number of carbonyl (C=O) groups is 3. The first-order valence-electron chi connectivity index (χ1n) is 13.5. The second-order valence-corrected chi connectivity index (χ2v) is 13.4. The van der Waals surface area contributed by atoms with Crippen LogP contribution < -0.4 is 10.5 Å². The standard InChI is InChI=1S/C27H33FN4O9S/c1-31(2)20-14-10-12-9-13-15(28)11-16(30-42(40,41)8-7-32-5-3-4-6-32)21(33)18(13)22(34)17(12)24(36)27(14,39)25(37)19(23(20)35)26(29)38/h11-12,14,20,30,33,35-36,39H,3-10H2,1-2H3,(H2,29,38)/t12-,14-,20-,27-/m0/s1. The van der Waals surface area contributed by atoms with Crippen LogP contribution in [0.4, 0.5) is 10.1 Å². The van der Waals surface area contributed by atoms with Gasteiger partial charge in [0.15, 0.2) is 17.1 Å². The molecule has 0 saturated carbocycles. The molecule has 1 aliphatic heterocycles. The van der Waals surface area contributed by atoms with Gasteiger partial charge in [-0.3, -0.25) is 24.0 Å². The number of nitrogens with two attached hydrogens (primary N) is 1. The Morgan fingerprint density at radius 2 is 1.86 bits per heavy atom. The zero-order chi connectivity index (χ0) is 30.9. The lowest BCUT2D eigenvalue weighted by Crippen LogP contribution is -2.63. The van der Waals surface area contributed by atoms with E-state index in [1.54, 1.807) is 0 Å². The molecule has 228 valence electrons. The second kappa shape index (κ2) is 10.3. The quantitative estimate of drug-likeness (QED) is 0.180. The number of primary amides is 1. The number of hydrogen-bond donors (Lipinski definition) is 6. The fourth-order valence-electron chi connectivity index (χ4n) is 6.83. The summed E-state index contributed by atoms with van der Waals surface area (Å²) in [5.41, 5.74) is -0.361. The van der Waals surface area contributed by atoms with Crippen molar-refractivity contribution in [2.24, 2.45) is 17.6 Å². The number of nitrogens with zero attached hydrogens (tertiary/aromatic N) is 2. The maximum atomic E-state index is 15.4. The fraction of sp³-hybridized carbons (Fsp3) is 0.519. The van der Waals surface area contributed by atoms with Crippen molar-refractivity contribution >= 4 is 33.2 Å². The molecule has 0 unspecified atom stereocenters. The number of benzene rings is 1. The van der Waals surface area contributed by atoms with Gasteiger partial charge in [0.2, 0.25) is 15.8 Å². The van der Waals surface area contributed by atoms with E-state index < -0.39 is 96.5 Å². The Bertz CT molecular complexity index is 1570. The number of phenolic OH excluding ortho intramolecular Hbond substituents is 1. The molecule has 0 aromatic heterocycles. The first-order valence-corrected chi connectivity index (χ1v) is 15.2. The number of rotatable bonds is 7. The largest absolute Gasteiger partial charge is 0.510 e. The third kappa shape index (κ3) is 4.55.